The number of amides is 1. The van der Waals surface area contributed by atoms with Crippen molar-refractivity contribution in [3.63, 3.8) is 0 Å². The summed E-state index contributed by atoms with van der Waals surface area (Å²) in [6.07, 6.45) is 3.29. The van der Waals surface area contributed by atoms with E-state index in [2.05, 4.69) is 0 Å². The molecule has 0 aliphatic carbocycles. The number of benzene rings is 1. The number of ether oxygens (including phenoxy) is 2. The highest BCUT2D eigenvalue weighted by Gasteiger charge is 2.21. The highest BCUT2D eigenvalue weighted by atomic mass is 16.5. The van der Waals surface area contributed by atoms with E-state index in [4.69, 9.17) is 9.47 Å². The van der Waals surface area contributed by atoms with Crippen molar-refractivity contribution in [1.29, 1.82) is 0 Å². The molecule has 1 heterocycles. The van der Waals surface area contributed by atoms with Crippen LogP contribution in [-0.2, 0) is 4.74 Å². The molecule has 1 atom stereocenters. The van der Waals surface area contributed by atoms with Gasteiger partial charge < -0.3 is 19.5 Å². The van der Waals surface area contributed by atoms with E-state index in [9.17, 15) is 9.90 Å². The number of hydrogen-bond acceptors (Lipinski definition) is 4. The van der Waals surface area contributed by atoms with E-state index >= 15 is 0 Å². The molecule has 1 N–H and O–H groups in total. The first kappa shape index (κ1) is 14.7. The van der Waals surface area contributed by atoms with Crippen molar-refractivity contribution in [3.05, 3.63) is 23.8 Å². The molecule has 20 heavy (non-hydrogen) atoms. The van der Waals surface area contributed by atoms with E-state index < -0.39 is 0 Å². The van der Waals surface area contributed by atoms with Crippen LogP contribution in [0, 0.1) is 0 Å². The number of hydrogen-bond donors (Lipinski definition) is 1. The summed E-state index contributed by atoms with van der Waals surface area (Å²) in [5.41, 5.74) is 0.252. The Balaban J connectivity index is 2.05. The van der Waals surface area contributed by atoms with Crippen molar-refractivity contribution in [2.75, 3.05) is 27.3 Å². The predicted octanol–water partition coefficient (Wildman–Crippen LogP) is 2.04. The summed E-state index contributed by atoms with van der Waals surface area (Å²) in [5.74, 6) is 0.288. The van der Waals surface area contributed by atoms with Gasteiger partial charge in [0.2, 0.25) is 0 Å². The topological polar surface area (TPSA) is 59.0 Å². The molecule has 1 fully saturated rings. The molecule has 1 aromatic carbocycles. The zero-order valence-corrected chi connectivity index (χ0v) is 12.0. The van der Waals surface area contributed by atoms with Crippen LogP contribution in [0.4, 0.5) is 0 Å². The molecule has 0 saturated carbocycles. The molecule has 1 aliphatic rings. The van der Waals surface area contributed by atoms with E-state index in [0.29, 0.717) is 12.3 Å². The van der Waals surface area contributed by atoms with E-state index in [1.54, 1.807) is 24.1 Å². The Morgan fingerprint density at radius 3 is 2.95 bits per heavy atom. The van der Waals surface area contributed by atoms with Gasteiger partial charge in [-0.2, -0.15) is 0 Å². The molecule has 5 nitrogen and oxygen atoms in total. The van der Waals surface area contributed by atoms with Gasteiger partial charge in [0.05, 0.1) is 18.8 Å². The van der Waals surface area contributed by atoms with Gasteiger partial charge in [-0.15, -0.1) is 0 Å². The lowest BCUT2D eigenvalue weighted by Gasteiger charge is -2.27. The summed E-state index contributed by atoms with van der Waals surface area (Å²) >= 11 is 0. The zero-order valence-electron chi connectivity index (χ0n) is 12.0. The van der Waals surface area contributed by atoms with Gasteiger partial charge in [-0.25, -0.2) is 0 Å². The summed E-state index contributed by atoms with van der Waals surface area (Å²) in [4.78, 5) is 13.9. The lowest BCUT2D eigenvalue weighted by molar-refractivity contribution is -0.000243. The van der Waals surface area contributed by atoms with Crippen LogP contribution in [0.1, 0.15) is 29.6 Å². The fraction of sp³-hybridized carbons (Fsp3) is 0.533. The van der Waals surface area contributed by atoms with Crippen LogP contribution < -0.4 is 4.74 Å². The minimum atomic E-state index is -0.226. The van der Waals surface area contributed by atoms with Crippen LogP contribution >= 0.6 is 0 Å². The Bertz CT molecular complexity index is 469. The maximum atomic E-state index is 12.4. The van der Waals surface area contributed by atoms with E-state index in [0.717, 1.165) is 25.9 Å². The third-order valence-corrected chi connectivity index (χ3v) is 3.53. The van der Waals surface area contributed by atoms with Gasteiger partial charge >= 0.3 is 0 Å². The number of rotatable bonds is 4. The molecule has 1 saturated heterocycles. The minimum absolute atomic E-state index is 0.0350. The van der Waals surface area contributed by atoms with Crippen LogP contribution in [0.5, 0.6) is 11.5 Å². The number of nitrogens with zero attached hydrogens (tertiary/aromatic N) is 1. The van der Waals surface area contributed by atoms with Crippen LogP contribution in [0.15, 0.2) is 18.2 Å². The van der Waals surface area contributed by atoms with Crippen LogP contribution in [0.2, 0.25) is 0 Å². The number of phenols is 1. The van der Waals surface area contributed by atoms with Gasteiger partial charge in [0.15, 0.2) is 0 Å². The molecule has 110 valence electrons. The zero-order chi connectivity index (χ0) is 14.5. The van der Waals surface area contributed by atoms with Crippen LogP contribution in [0.3, 0.4) is 0 Å². The Morgan fingerprint density at radius 2 is 2.30 bits per heavy atom. The van der Waals surface area contributed by atoms with Gasteiger partial charge in [-0.3, -0.25) is 4.79 Å². The number of likely N-dealkylation sites (N-methyl/N-ethyl adjacent to an activating group) is 1. The van der Waals surface area contributed by atoms with Crippen molar-refractivity contribution in [3.8, 4) is 11.5 Å². The highest BCUT2D eigenvalue weighted by molar-refractivity contribution is 5.97. The highest BCUT2D eigenvalue weighted by Crippen LogP contribution is 2.24. The number of phenolic OH excluding ortho intramolecular Hbond substituents is 1. The Morgan fingerprint density at radius 1 is 1.50 bits per heavy atom. The first-order valence-corrected chi connectivity index (χ1v) is 6.86. The van der Waals surface area contributed by atoms with Gasteiger partial charge in [0.1, 0.15) is 11.5 Å². The molecule has 0 spiro atoms. The quantitative estimate of drug-likeness (QED) is 0.916. The summed E-state index contributed by atoms with van der Waals surface area (Å²) < 4.78 is 10.7. The van der Waals surface area contributed by atoms with E-state index in [1.165, 1.54) is 13.2 Å². The maximum absolute atomic E-state index is 12.4. The molecule has 1 amide bonds. The van der Waals surface area contributed by atoms with Gasteiger partial charge in [-0.1, -0.05) is 0 Å². The minimum Gasteiger partial charge on any atom is -0.507 e. The SMILES string of the molecule is COc1ccc(O)c(C(=O)N(C)CC2CCCCO2)c1. The van der Waals surface area contributed by atoms with Gasteiger partial charge in [0.25, 0.3) is 5.91 Å². The molecule has 1 aromatic rings. The second kappa shape index (κ2) is 6.61. The largest absolute Gasteiger partial charge is 0.507 e. The summed E-state index contributed by atoms with van der Waals surface area (Å²) in [6.45, 7) is 1.30. The molecule has 2 rings (SSSR count). The van der Waals surface area contributed by atoms with E-state index in [-0.39, 0.29) is 23.3 Å². The second-order valence-electron chi connectivity index (χ2n) is 5.06. The van der Waals surface area contributed by atoms with E-state index in [1.807, 2.05) is 0 Å². The third kappa shape index (κ3) is 3.42. The standard InChI is InChI=1S/C15H21NO4/c1-16(10-12-5-3-4-8-20-12)15(18)13-9-11(19-2)6-7-14(13)17/h6-7,9,12,17H,3-5,8,10H2,1-2H3. The van der Waals surface area contributed by atoms with Crippen LogP contribution in [0.25, 0.3) is 0 Å². The number of carbonyl (C=O) groups is 1. The molecule has 5 heteroatoms. The Hall–Kier alpha value is -1.75. The van der Waals surface area contributed by atoms with Gasteiger partial charge in [-0.05, 0) is 37.5 Å². The van der Waals surface area contributed by atoms with Crippen molar-refractivity contribution < 1.29 is 19.4 Å². The average molecular weight is 279 g/mol. The summed E-state index contributed by atoms with van der Waals surface area (Å²) in [7, 11) is 3.25. The second-order valence-corrected chi connectivity index (χ2v) is 5.06. The lowest BCUT2D eigenvalue weighted by atomic mass is 10.1. The van der Waals surface area contributed by atoms with Crippen LogP contribution in [-0.4, -0.2) is 49.3 Å². The number of methoxy groups -OCH3 is 1. The molecule has 0 bridgehead atoms. The predicted molar refractivity (Wildman–Crippen MR) is 75.2 cm³/mol. The summed E-state index contributed by atoms with van der Waals surface area (Å²) in [5, 5.41) is 9.82. The molecular weight excluding hydrogens is 258 g/mol. The van der Waals surface area contributed by atoms with Crippen molar-refractivity contribution >= 4 is 5.91 Å². The fourth-order valence-corrected chi connectivity index (χ4v) is 2.36. The Kier molecular flexibility index (Phi) is 4.84. The molecule has 1 unspecified atom stereocenters. The lowest BCUT2D eigenvalue weighted by Crippen LogP contribution is -2.37. The monoisotopic (exact) mass is 279 g/mol. The number of aromatic hydroxyl groups is 1. The Labute approximate surface area is 119 Å². The van der Waals surface area contributed by atoms with Crippen molar-refractivity contribution in [2.24, 2.45) is 0 Å². The van der Waals surface area contributed by atoms with Crippen molar-refractivity contribution in [2.45, 2.75) is 25.4 Å². The molecule has 0 radical (unpaired) electrons. The smallest absolute Gasteiger partial charge is 0.257 e. The number of carbonyl (C=O) groups excluding carboxylic acids is 1. The van der Waals surface area contributed by atoms with Gasteiger partial charge in [0, 0.05) is 20.2 Å². The summed E-state index contributed by atoms with van der Waals surface area (Å²) in [6, 6.07) is 4.64. The first-order chi connectivity index (χ1) is 9.61. The first-order valence-electron chi connectivity index (χ1n) is 6.86. The maximum Gasteiger partial charge on any atom is 0.257 e. The molecule has 1 aliphatic heterocycles. The molecular formula is C15H21NO4. The normalized spacial score (nSPS) is 18.6. The third-order valence-electron chi connectivity index (χ3n) is 3.53. The molecule has 0 aromatic heterocycles. The average Bonchev–Trinajstić information content (AvgIpc) is 2.48. The van der Waals surface area contributed by atoms with Crippen molar-refractivity contribution in [1.82, 2.24) is 4.90 Å². The fourth-order valence-electron chi connectivity index (χ4n) is 2.36.